The number of hydrogen-bond acceptors (Lipinski definition) is 4. The Morgan fingerprint density at radius 1 is 1.05 bits per heavy atom. The van der Waals surface area contributed by atoms with Gasteiger partial charge in [0.1, 0.15) is 11.4 Å². The molecule has 3 aromatic rings. The highest BCUT2D eigenvalue weighted by Gasteiger charge is 2.04. The number of aromatic nitrogens is 4. The van der Waals surface area contributed by atoms with Crippen LogP contribution in [0.2, 0.25) is 0 Å². The molecule has 21 heavy (non-hydrogen) atoms. The van der Waals surface area contributed by atoms with Gasteiger partial charge in [-0.15, -0.1) is 5.10 Å². The summed E-state index contributed by atoms with van der Waals surface area (Å²) in [6, 6.07) is 11.9. The molecule has 0 fully saturated rings. The van der Waals surface area contributed by atoms with E-state index in [4.69, 9.17) is 4.74 Å². The highest BCUT2D eigenvalue weighted by molar-refractivity contribution is 5.56. The lowest BCUT2D eigenvalue weighted by Gasteiger charge is -2.04. The van der Waals surface area contributed by atoms with Gasteiger partial charge in [0.15, 0.2) is 0 Å². The molecular formula is C16H16N4O. The summed E-state index contributed by atoms with van der Waals surface area (Å²) in [7, 11) is 0. The molecule has 106 valence electrons. The van der Waals surface area contributed by atoms with Crippen molar-refractivity contribution in [3.05, 3.63) is 60.6 Å². The van der Waals surface area contributed by atoms with Crippen molar-refractivity contribution in [2.75, 3.05) is 6.61 Å². The molecule has 0 radical (unpaired) electrons. The molecule has 0 N–H and O–H groups in total. The van der Waals surface area contributed by atoms with Gasteiger partial charge in [0.05, 0.1) is 19.3 Å². The van der Waals surface area contributed by atoms with E-state index in [1.54, 1.807) is 12.4 Å². The van der Waals surface area contributed by atoms with Crippen LogP contribution in [0.5, 0.6) is 5.75 Å². The lowest BCUT2D eigenvalue weighted by atomic mass is 10.2. The molecule has 1 aromatic carbocycles. The first-order valence-corrected chi connectivity index (χ1v) is 6.87. The van der Waals surface area contributed by atoms with Crippen LogP contribution in [0.1, 0.15) is 12.5 Å². The summed E-state index contributed by atoms with van der Waals surface area (Å²) >= 11 is 0. The summed E-state index contributed by atoms with van der Waals surface area (Å²) in [5.74, 6) is 0.886. The lowest BCUT2D eigenvalue weighted by Crippen LogP contribution is -2.00. The van der Waals surface area contributed by atoms with Gasteiger partial charge in [0.25, 0.3) is 0 Å². The zero-order chi connectivity index (χ0) is 14.5. The van der Waals surface area contributed by atoms with E-state index in [1.807, 2.05) is 54.2 Å². The quantitative estimate of drug-likeness (QED) is 0.721. The fraction of sp³-hybridized carbons (Fsp3) is 0.188. The van der Waals surface area contributed by atoms with Crippen LogP contribution in [-0.4, -0.2) is 26.6 Å². The summed E-state index contributed by atoms with van der Waals surface area (Å²) in [5.41, 5.74) is 3.02. The fourth-order valence-electron chi connectivity index (χ4n) is 2.08. The minimum atomic E-state index is 0.678. The van der Waals surface area contributed by atoms with E-state index in [1.165, 1.54) is 0 Å². The number of hydrogen-bond donors (Lipinski definition) is 0. The van der Waals surface area contributed by atoms with Crippen molar-refractivity contribution in [3.8, 4) is 17.0 Å². The van der Waals surface area contributed by atoms with Crippen molar-refractivity contribution in [1.82, 2.24) is 20.0 Å². The van der Waals surface area contributed by atoms with Crippen LogP contribution in [-0.2, 0) is 6.54 Å². The Bertz CT molecular complexity index is 692. The Balaban J connectivity index is 1.72. The Morgan fingerprint density at radius 2 is 1.81 bits per heavy atom. The first-order chi connectivity index (χ1) is 10.3. The second kappa shape index (κ2) is 6.17. The molecule has 0 unspecified atom stereocenters. The molecule has 0 atom stereocenters. The van der Waals surface area contributed by atoms with Crippen LogP contribution < -0.4 is 4.74 Å². The van der Waals surface area contributed by atoms with Crippen LogP contribution in [0, 0.1) is 0 Å². The molecule has 2 aromatic heterocycles. The molecule has 5 nitrogen and oxygen atoms in total. The average molecular weight is 280 g/mol. The predicted octanol–water partition coefficient (Wildman–Crippen LogP) is 2.79. The monoisotopic (exact) mass is 280 g/mol. The molecule has 0 spiro atoms. The average Bonchev–Trinajstić information content (AvgIpc) is 2.99. The smallest absolute Gasteiger partial charge is 0.119 e. The summed E-state index contributed by atoms with van der Waals surface area (Å²) in [4.78, 5) is 4.00. The zero-order valence-corrected chi connectivity index (χ0v) is 11.8. The van der Waals surface area contributed by atoms with E-state index in [-0.39, 0.29) is 0 Å². The maximum absolute atomic E-state index is 5.43. The van der Waals surface area contributed by atoms with Gasteiger partial charge in [-0.05, 0) is 36.8 Å². The predicted molar refractivity (Wildman–Crippen MR) is 80.0 cm³/mol. The molecule has 2 heterocycles. The van der Waals surface area contributed by atoms with Gasteiger partial charge < -0.3 is 4.74 Å². The van der Waals surface area contributed by atoms with Crippen LogP contribution in [0.25, 0.3) is 11.3 Å². The van der Waals surface area contributed by atoms with E-state index in [9.17, 15) is 0 Å². The van der Waals surface area contributed by atoms with Gasteiger partial charge in [-0.25, -0.2) is 4.68 Å². The molecule has 0 amide bonds. The van der Waals surface area contributed by atoms with Crippen LogP contribution in [0.15, 0.2) is 55.0 Å². The summed E-state index contributed by atoms with van der Waals surface area (Å²) in [5, 5.41) is 8.35. The topological polar surface area (TPSA) is 52.8 Å². The van der Waals surface area contributed by atoms with Crippen LogP contribution in [0.4, 0.5) is 0 Å². The Hall–Kier alpha value is -2.69. The fourth-order valence-corrected chi connectivity index (χ4v) is 2.08. The van der Waals surface area contributed by atoms with Crippen molar-refractivity contribution in [2.24, 2.45) is 0 Å². The molecule has 5 heteroatoms. The second-order valence-electron chi connectivity index (χ2n) is 4.61. The van der Waals surface area contributed by atoms with E-state index in [0.717, 1.165) is 22.6 Å². The molecule has 0 aliphatic heterocycles. The highest BCUT2D eigenvalue weighted by Crippen LogP contribution is 2.16. The van der Waals surface area contributed by atoms with Gasteiger partial charge in [0.2, 0.25) is 0 Å². The molecule has 0 saturated carbocycles. The zero-order valence-electron chi connectivity index (χ0n) is 11.8. The SMILES string of the molecule is CCOc1ccc(Cn2cc(-c3ccncc3)nn2)cc1. The second-order valence-corrected chi connectivity index (χ2v) is 4.61. The third-order valence-electron chi connectivity index (χ3n) is 3.09. The highest BCUT2D eigenvalue weighted by atomic mass is 16.5. The number of benzene rings is 1. The van der Waals surface area contributed by atoms with E-state index in [2.05, 4.69) is 15.3 Å². The molecule has 0 bridgehead atoms. The molecular weight excluding hydrogens is 264 g/mol. The van der Waals surface area contributed by atoms with E-state index >= 15 is 0 Å². The first-order valence-electron chi connectivity index (χ1n) is 6.87. The van der Waals surface area contributed by atoms with Crippen LogP contribution in [0.3, 0.4) is 0 Å². The first kappa shape index (κ1) is 13.3. The van der Waals surface area contributed by atoms with E-state index in [0.29, 0.717) is 13.2 Å². The lowest BCUT2D eigenvalue weighted by molar-refractivity contribution is 0.340. The van der Waals surface area contributed by atoms with Crippen molar-refractivity contribution in [2.45, 2.75) is 13.5 Å². The standard InChI is InChI=1S/C16H16N4O/c1-2-21-15-5-3-13(4-6-15)11-20-12-16(18-19-20)14-7-9-17-10-8-14/h3-10,12H,2,11H2,1H3. The maximum Gasteiger partial charge on any atom is 0.119 e. The molecule has 0 saturated heterocycles. The van der Waals surface area contributed by atoms with Gasteiger partial charge >= 0.3 is 0 Å². The Morgan fingerprint density at radius 3 is 2.52 bits per heavy atom. The van der Waals surface area contributed by atoms with Crippen molar-refractivity contribution >= 4 is 0 Å². The Kier molecular flexibility index (Phi) is 3.91. The number of pyridine rings is 1. The molecule has 3 rings (SSSR count). The van der Waals surface area contributed by atoms with Crippen LogP contribution >= 0.6 is 0 Å². The summed E-state index contributed by atoms with van der Waals surface area (Å²) in [6.07, 6.45) is 5.44. The Labute approximate surface area is 123 Å². The number of rotatable bonds is 5. The van der Waals surface area contributed by atoms with Gasteiger partial charge in [-0.3, -0.25) is 4.98 Å². The minimum absolute atomic E-state index is 0.678. The number of nitrogens with zero attached hydrogens (tertiary/aromatic N) is 4. The summed E-state index contributed by atoms with van der Waals surface area (Å²) < 4.78 is 7.26. The van der Waals surface area contributed by atoms with E-state index < -0.39 is 0 Å². The van der Waals surface area contributed by atoms with Crippen molar-refractivity contribution < 1.29 is 4.74 Å². The maximum atomic E-state index is 5.43. The normalized spacial score (nSPS) is 10.5. The molecule has 0 aliphatic rings. The van der Waals surface area contributed by atoms with Gasteiger partial charge in [-0.1, -0.05) is 17.3 Å². The van der Waals surface area contributed by atoms with Gasteiger partial charge in [-0.2, -0.15) is 0 Å². The summed E-state index contributed by atoms with van der Waals surface area (Å²) in [6.45, 7) is 3.34. The number of ether oxygens (including phenoxy) is 1. The third-order valence-corrected chi connectivity index (χ3v) is 3.09. The van der Waals surface area contributed by atoms with Crippen molar-refractivity contribution in [3.63, 3.8) is 0 Å². The third kappa shape index (κ3) is 3.25. The largest absolute Gasteiger partial charge is 0.494 e. The molecule has 0 aliphatic carbocycles. The van der Waals surface area contributed by atoms with Gasteiger partial charge in [0, 0.05) is 18.0 Å². The minimum Gasteiger partial charge on any atom is -0.494 e. The van der Waals surface area contributed by atoms with Crippen molar-refractivity contribution in [1.29, 1.82) is 0 Å².